The number of rotatable bonds is 6. The first kappa shape index (κ1) is 21.6. The van der Waals surface area contributed by atoms with Gasteiger partial charge in [-0.1, -0.05) is 6.07 Å². The molecule has 0 amide bonds. The fourth-order valence-electron chi connectivity index (χ4n) is 4.18. The second kappa shape index (κ2) is 8.84. The molecule has 0 N–H and O–H groups in total. The Morgan fingerprint density at radius 2 is 1.87 bits per heavy atom. The summed E-state index contributed by atoms with van der Waals surface area (Å²) in [7, 11) is -2.34. The lowest BCUT2D eigenvalue weighted by atomic mass is 9.98. The van der Waals surface area contributed by atoms with E-state index in [1.165, 1.54) is 23.2 Å². The predicted octanol–water partition coefficient (Wildman–Crippen LogP) is 2.70. The molecule has 0 unspecified atom stereocenters. The van der Waals surface area contributed by atoms with Gasteiger partial charge in [0.15, 0.2) is 0 Å². The third-order valence-electron chi connectivity index (χ3n) is 5.98. The maximum absolute atomic E-state index is 13.0. The van der Waals surface area contributed by atoms with Crippen LogP contribution >= 0.6 is 0 Å². The summed E-state index contributed by atoms with van der Waals surface area (Å²) in [5, 5.41) is 0. The molecule has 31 heavy (non-hydrogen) atoms. The van der Waals surface area contributed by atoms with E-state index in [0.29, 0.717) is 23.3 Å². The number of methoxy groups -OCH3 is 1. The first-order valence-electron chi connectivity index (χ1n) is 10.3. The van der Waals surface area contributed by atoms with Gasteiger partial charge < -0.3 is 13.9 Å². The number of carbonyl (C=O) groups is 2. The van der Waals surface area contributed by atoms with Gasteiger partial charge in [-0.2, -0.15) is 4.31 Å². The van der Waals surface area contributed by atoms with Crippen molar-refractivity contribution in [2.45, 2.75) is 43.6 Å². The molecule has 0 atom stereocenters. The summed E-state index contributed by atoms with van der Waals surface area (Å²) >= 11 is 0. The molecular formula is C22H25NO7S. The van der Waals surface area contributed by atoms with Crippen LogP contribution in [0.25, 0.3) is 0 Å². The summed E-state index contributed by atoms with van der Waals surface area (Å²) < 4.78 is 42.6. The molecule has 9 heteroatoms. The van der Waals surface area contributed by atoms with Crippen molar-refractivity contribution in [1.82, 2.24) is 4.31 Å². The average Bonchev–Trinajstić information content (AvgIpc) is 3.45. The fraction of sp³-hybridized carbons (Fsp3) is 0.455. The minimum absolute atomic E-state index is 0.00515. The lowest BCUT2D eigenvalue weighted by molar-refractivity contribution is -0.151. The number of furan rings is 1. The number of fused-ring (bicyclic) bond motifs is 1. The van der Waals surface area contributed by atoms with E-state index in [2.05, 4.69) is 4.74 Å². The number of ether oxygens (including phenoxy) is 2. The smallest absolute Gasteiger partial charge is 0.374 e. The van der Waals surface area contributed by atoms with E-state index in [1.807, 2.05) is 6.07 Å². The summed E-state index contributed by atoms with van der Waals surface area (Å²) in [6.07, 6.45) is 5.09. The van der Waals surface area contributed by atoms with Crippen molar-refractivity contribution in [2.75, 3.05) is 20.2 Å². The largest absolute Gasteiger partial charge is 0.463 e. The zero-order valence-electron chi connectivity index (χ0n) is 17.3. The highest BCUT2D eigenvalue weighted by Crippen LogP contribution is 2.29. The van der Waals surface area contributed by atoms with Crippen LogP contribution in [0.1, 0.15) is 46.5 Å². The molecule has 1 aromatic heterocycles. The molecule has 0 bridgehead atoms. The van der Waals surface area contributed by atoms with Crippen LogP contribution in [0, 0.1) is 5.92 Å². The van der Waals surface area contributed by atoms with Gasteiger partial charge in [-0.15, -0.1) is 0 Å². The number of sulfonamides is 1. The summed E-state index contributed by atoms with van der Waals surface area (Å²) in [6, 6.07) is 6.94. The first-order chi connectivity index (χ1) is 14.9. The molecule has 166 valence electrons. The van der Waals surface area contributed by atoms with Gasteiger partial charge in [-0.25, -0.2) is 13.2 Å². The zero-order chi connectivity index (χ0) is 22.0. The van der Waals surface area contributed by atoms with E-state index >= 15 is 0 Å². The Balaban J connectivity index is 1.33. The summed E-state index contributed by atoms with van der Waals surface area (Å²) in [4.78, 5) is 24.4. The van der Waals surface area contributed by atoms with Crippen molar-refractivity contribution in [3.8, 4) is 0 Å². The van der Waals surface area contributed by atoms with Crippen LogP contribution in [-0.2, 0) is 43.7 Å². The van der Waals surface area contributed by atoms with E-state index in [9.17, 15) is 18.0 Å². The minimum atomic E-state index is -3.58. The molecule has 1 aliphatic carbocycles. The number of nitrogens with zero attached hydrogens (tertiary/aromatic N) is 1. The van der Waals surface area contributed by atoms with Crippen LogP contribution in [0.5, 0.6) is 0 Å². The van der Waals surface area contributed by atoms with Crippen molar-refractivity contribution < 1.29 is 31.9 Å². The van der Waals surface area contributed by atoms with Crippen molar-refractivity contribution in [3.63, 3.8) is 0 Å². The molecule has 4 rings (SSSR count). The molecule has 2 aliphatic rings. The van der Waals surface area contributed by atoms with Crippen molar-refractivity contribution >= 4 is 22.0 Å². The van der Waals surface area contributed by atoms with E-state index in [4.69, 9.17) is 9.15 Å². The molecule has 2 heterocycles. The van der Waals surface area contributed by atoms with Gasteiger partial charge in [0.25, 0.3) is 0 Å². The number of esters is 2. The molecule has 0 saturated carbocycles. The highest BCUT2D eigenvalue weighted by atomic mass is 32.2. The molecule has 1 fully saturated rings. The lowest BCUT2D eigenvalue weighted by Gasteiger charge is -2.30. The number of carbonyl (C=O) groups excluding carboxylic acids is 2. The molecule has 0 radical (unpaired) electrons. The van der Waals surface area contributed by atoms with Crippen molar-refractivity contribution in [1.29, 1.82) is 0 Å². The normalized spacial score (nSPS) is 17.3. The molecule has 1 saturated heterocycles. The number of piperidine rings is 1. The van der Waals surface area contributed by atoms with Crippen LogP contribution < -0.4 is 0 Å². The van der Waals surface area contributed by atoms with E-state index < -0.39 is 22.0 Å². The standard InChI is InChI=1S/C22H25NO7S/c1-28-22(25)20-18(9-12-29-20)14-30-21(24)16-7-10-23(11-8-16)31(26,27)19-6-5-15-3-2-4-17(15)13-19/h5-6,9,12-13,16H,2-4,7-8,10-11,14H2,1H3. The van der Waals surface area contributed by atoms with Crippen LogP contribution in [0.3, 0.4) is 0 Å². The van der Waals surface area contributed by atoms with Gasteiger partial charge in [0.1, 0.15) is 6.61 Å². The topological polar surface area (TPSA) is 103 Å². The minimum Gasteiger partial charge on any atom is -0.463 e. The SMILES string of the molecule is COC(=O)c1occc1COC(=O)C1CCN(S(=O)(=O)c2ccc3c(c2)CCC3)CC1. The Bertz CT molecular complexity index is 1080. The van der Waals surface area contributed by atoms with Crippen LogP contribution in [0.15, 0.2) is 39.8 Å². The van der Waals surface area contributed by atoms with Crippen LogP contribution in [0.2, 0.25) is 0 Å². The number of benzene rings is 1. The molecule has 0 spiro atoms. The van der Waals surface area contributed by atoms with Gasteiger partial charge in [0.05, 0.1) is 24.2 Å². The van der Waals surface area contributed by atoms with E-state index in [1.54, 1.807) is 18.2 Å². The van der Waals surface area contributed by atoms with Gasteiger partial charge in [-0.05, 0) is 61.4 Å². The molecule has 1 aliphatic heterocycles. The third-order valence-corrected chi connectivity index (χ3v) is 7.88. The summed E-state index contributed by atoms with van der Waals surface area (Å²) in [5.41, 5.74) is 2.77. The third kappa shape index (κ3) is 4.38. The highest BCUT2D eigenvalue weighted by Gasteiger charge is 2.33. The maximum Gasteiger partial charge on any atom is 0.374 e. The Morgan fingerprint density at radius 1 is 1.13 bits per heavy atom. The molecule has 2 aromatic rings. The Morgan fingerprint density at radius 3 is 2.61 bits per heavy atom. The lowest BCUT2D eigenvalue weighted by Crippen LogP contribution is -2.40. The van der Waals surface area contributed by atoms with Crippen LogP contribution in [-0.4, -0.2) is 44.9 Å². The first-order valence-corrected chi connectivity index (χ1v) is 11.8. The quantitative estimate of drug-likeness (QED) is 0.627. The maximum atomic E-state index is 13.0. The van der Waals surface area contributed by atoms with Gasteiger partial charge in [0, 0.05) is 18.7 Å². The van der Waals surface area contributed by atoms with Crippen molar-refractivity contribution in [3.05, 3.63) is 53.0 Å². The van der Waals surface area contributed by atoms with Gasteiger partial charge in [-0.3, -0.25) is 4.79 Å². The predicted molar refractivity (Wildman–Crippen MR) is 110 cm³/mol. The monoisotopic (exact) mass is 447 g/mol. The molecule has 1 aromatic carbocycles. The molecular weight excluding hydrogens is 422 g/mol. The van der Waals surface area contributed by atoms with Crippen molar-refractivity contribution in [2.24, 2.45) is 5.92 Å². The fourth-order valence-corrected chi connectivity index (χ4v) is 5.70. The zero-order valence-corrected chi connectivity index (χ0v) is 18.2. The van der Waals surface area contributed by atoms with E-state index in [0.717, 1.165) is 24.8 Å². The number of hydrogen-bond donors (Lipinski definition) is 0. The average molecular weight is 448 g/mol. The number of hydrogen-bond acceptors (Lipinski definition) is 7. The summed E-state index contributed by atoms with van der Waals surface area (Å²) in [5.74, 6) is -1.43. The number of aryl methyl sites for hydroxylation is 2. The second-order valence-electron chi connectivity index (χ2n) is 7.84. The Kier molecular flexibility index (Phi) is 6.15. The highest BCUT2D eigenvalue weighted by molar-refractivity contribution is 7.89. The summed E-state index contributed by atoms with van der Waals surface area (Å²) in [6.45, 7) is 0.421. The van der Waals surface area contributed by atoms with Gasteiger partial charge >= 0.3 is 11.9 Å². The Hall–Kier alpha value is -2.65. The van der Waals surface area contributed by atoms with Crippen LogP contribution in [0.4, 0.5) is 0 Å². The second-order valence-corrected chi connectivity index (χ2v) is 9.77. The van der Waals surface area contributed by atoms with Gasteiger partial charge in [0.2, 0.25) is 15.8 Å². The Labute approximate surface area is 181 Å². The molecule has 8 nitrogen and oxygen atoms in total. The van der Waals surface area contributed by atoms with E-state index in [-0.39, 0.29) is 31.4 Å².